The molecule has 3 atom stereocenters. The number of fused-ring (bicyclic) bond motifs is 3. The predicted molar refractivity (Wildman–Crippen MR) is 101 cm³/mol. The Labute approximate surface area is 162 Å². The van der Waals surface area contributed by atoms with Crippen molar-refractivity contribution in [2.45, 2.75) is 38.2 Å². The maximum Gasteiger partial charge on any atom is 0.410 e. The molecular formula is C19H24N6O3. The molecular weight excluding hydrogens is 360 g/mol. The molecule has 0 aromatic carbocycles. The van der Waals surface area contributed by atoms with Crippen molar-refractivity contribution in [1.82, 2.24) is 29.5 Å². The number of H-pyrrole nitrogens is 1. The Kier molecular flexibility index (Phi) is 4.38. The van der Waals surface area contributed by atoms with E-state index in [1.807, 2.05) is 12.3 Å². The number of amides is 1. The summed E-state index contributed by atoms with van der Waals surface area (Å²) in [6.45, 7) is 4.53. The lowest BCUT2D eigenvalue weighted by molar-refractivity contribution is 0.0129. The first-order valence-corrected chi connectivity index (χ1v) is 9.95. The Morgan fingerprint density at radius 2 is 2.18 bits per heavy atom. The number of aromatic amines is 1. The van der Waals surface area contributed by atoms with Gasteiger partial charge in [-0.3, -0.25) is 4.40 Å². The van der Waals surface area contributed by atoms with Crippen molar-refractivity contribution in [1.29, 1.82) is 0 Å². The van der Waals surface area contributed by atoms with Crippen LogP contribution in [-0.4, -0.2) is 68.0 Å². The van der Waals surface area contributed by atoms with E-state index in [0.29, 0.717) is 32.2 Å². The van der Waals surface area contributed by atoms with E-state index in [-0.39, 0.29) is 18.1 Å². The van der Waals surface area contributed by atoms with Gasteiger partial charge in [-0.25, -0.2) is 9.78 Å². The monoisotopic (exact) mass is 384 g/mol. The minimum Gasteiger partial charge on any atom is -0.446 e. The summed E-state index contributed by atoms with van der Waals surface area (Å²) in [6.07, 6.45) is 5.92. The SMILES string of the molecule is CCC1CC(OC(=O)N2CCOCC2)CC1c1nnc2cnc3[nH]ccc3n12. The maximum absolute atomic E-state index is 12.5. The third-order valence-electron chi connectivity index (χ3n) is 6.01. The minimum atomic E-state index is -0.230. The largest absolute Gasteiger partial charge is 0.446 e. The van der Waals surface area contributed by atoms with Crippen molar-refractivity contribution in [2.75, 3.05) is 26.3 Å². The third kappa shape index (κ3) is 2.90. The number of morpholine rings is 1. The van der Waals surface area contributed by atoms with Gasteiger partial charge >= 0.3 is 6.09 Å². The highest BCUT2D eigenvalue weighted by atomic mass is 16.6. The molecule has 0 spiro atoms. The molecule has 1 saturated heterocycles. The van der Waals surface area contributed by atoms with Gasteiger partial charge in [0.2, 0.25) is 0 Å². The van der Waals surface area contributed by atoms with Gasteiger partial charge in [-0.15, -0.1) is 10.2 Å². The Morgan fingerprint density at radius 1 is 1.32 bits per heavy atom. The quantitative estimate of drug-likeness (QED) is 0.744. The Hall–Kier alpha value is -2.68. The van der Waals surface area contributed by atoms with Crippen LogP contribution in [0.1, 0.15) is 37.9 Å². The van der Waals surface area contributed by atoms with Crippen molar-refractivity contribution in [3.8, 4) is 0 Å². The van der Waals surface area contributed by atoms with E-state index in [2.05, 4.69) is 31.5 Å². The first kappa shape index (κ1) is 17.4. The lowest BCUT2D eigenvalue weighted by Crippen LogP contribution is -2.42. The summed E-state index contributed by atoms with van der Waals surface area (Å²) in [5.74, 6) is 1.53. The summed E-state index contributed by atoms with van der Waals surface area (Å²) in [5, 5.41) is 8.83. The smallest absolute Gasteiger partial charge is 0.410 e. The molecule has 1 aliphatic heterocycles. The van der Waals surface area contributed by atoms with E-state index < -0.39 is 0 Å². The van der Waals surface area contributed by atoms with Gasteiger partial charge in [-0.2, -0.15) is 0 Å². The van der Waals surface area contributed by atoms with Crippen LogP contribution >= 0.6 is 0 Å². The second-order valence-electron chi connectivity index (χ2n) is 7.57. The van der Waals surface area contributed by atoms with Crippen LogP contribution in [0.3, 0.4) is 0 Å². The molecule has 2 fully saturated rings. The molecule has 148 valence electrons. The fourth-order valence-electron chi connectivity index (χ4n) is 4.54. The molecule has 1 N–H and O–H groups in total. The number of aromatic nitrogens is 5. The van der Waals surface area contributed by atoms with Crippen molar-refractivity contribution in [3.63, 3.8) is 0 Å². The highest BCUT2D eigenvalue weighted by Gasteiger charge is 2.39. The summed E-state index contributed by atoms with van der Waals surface area (Å²) in [4.78, 5) is 21.8. The molecule has 1 aliphatic carbocycles. The van der Waals surface area contributed by atoms with E-state index >= 15 is 0 Å². The highest BCUT2D eigenvalue weighted by molar-refractivity contribution is 5.74. The third-order valence-corrected chi connectivity index (χ3v) is 6.01. The van der Waals surface area contributed by atoms with Crippen LogP contribution in [0.25, 0.3) is 16.8 Å². The lowest BCUT2D eigenvalue weighted by atomic mass is 9.93. The van der Waals surface area contributed by atoms with E-state index in [1.165, 1.54) is 0 Å². The Bertz CT molecular complexity index is 992. The second kappa shape index (κ2) is 7.05. The normalized spacial score (nSPS) is 25.6. The summed E-state index contributed by atoms with van der Waals surface area (Å²) in [6, 6.07) is 1.99. The molecule has 0 bridgehead atoms. The molecule has 3 unspecified atom stereocenters. The number of ether oxygens (including phenoxy) is 2. The molecule has 5 rings (SSSR count). The number of rotatable bonds is 3. The zero-order valence-corrected chi connectivity index (χ0v) is 15.9. The lowest BCUT2D eigenvalue weighted by Gasteiger charge is -2.27. The molecule has 3 aromatic heterocycles. The van der Waals surface area contributed by atoms with Crippen LogP contribution in [0.2, 0.25) is 0 Å². The molecule has 28 heavy (non-hydrogen) atoms. The van der Waals surface area contributed by atoms with Crippen LogP contribution in [0.15, 0.2) is 18.5 Å². The minimum absolute atomic E-state index is 0.0961. The average molecular weight is 384 g/mol. The van der Waals surface area contributed by atoms with E-state index in [4.69, 9.17) is 9.47 Å². The molecule has 9 heteroatoms. The summed E-state index contributed by atoms with van der Waals surface area (Å²) in [5.41, 5.74) is 2.53. The zero-order chi connectivity index (χ0) is 19.1. The standard InChI is InChI=1S/C19H24N6O3/c1-2-12-9-13(28-19(26)24-5-7-27-8-6-24)10-14(12)18-23-22-16-11-21-17-15(25(16)18)3-4-20-17/h3-4,11-14,20H,2,5-10H2,1H3. The van der Waals surface area contributed by atoms with Gasteiger partial charge in [-0.1, -0.05) is 13.3 Å². The van der Waals surface area contributed by atoms with Crippen molar-refractivity contribution in [3.05, 3.63) is 24.3 Å². The number of carbonyl (C=O) groups excluding carboxylic acids is 1. The van der Waals surface area contributed by atoms with Crippen LogP contribution in [0.4, 0.5) is 4.79 Å². The number of hydrogen-bond donors (Lipinski definition) is 1. The predicted octanol–water partition coefficient (Wildman–Crippen LogP) is 2.35. The first-order valence-electron chi connectivity index (χ1n) is 9.95. The summed E-state index contributed by atoms with van der Waals surface area (Å²) in [7, 11) is 0. The van der Waals surface area contributed by atoms with Gasteiger partial charge in [-0.05, 0) is 24.8 Å². The molecule has 2 aliphatic rings. The maximum atomic E-state index is 12.5. The number of nitrogens with zero attached hydrogens (tertiary/aromatic N) is 5. The second-order valence-corrected chi connectivity index (χ2v) is 7.57. The zero-order valence-electron chi connectivity index (χ0n) is 15.9. The van der Waals surface area contributed by atoms with Crippen LogP contribution in [-0.2, 0) is 9.47 Å². The molecule has 0 radical (unpaired) electrons. The van der Waals surface area contributed by atoms with E-state index in [0.717, 1.165) is 41.9 Å². The highest BCUT2D eigenvalue weighted by Crippen LogP contribution is 2.42. The van der Waals surface area contributed by atoms with Gasteiger partial charge < -0.3 is 19.4 Å². The number of hydrogen-bond acceptors (Lipinski definition) is 6. The van der Waals surface area contributed by atoms with Gasteiger partial charge in [0, 0.05) is 25.2 Å². The number of nitrogens with one attached hydrogen (secondary N) is 1. The Balaban J connectivity index is 1.40. The van der Waals surface area contributed by atoms with Gasteiger partial charge in [0.25, 0.3) is 0 Å². The Morgan fingerprint density at radius 3 is 3.00 bits per heavy atom. The van der Waals surface area contributed by atoms with Gasteiger partial charge in [0.15, 0.2) is 11.3 Å². The average Bonchev–Trinajstić information content (AvgIpc) is 3.45. The fraction of sp³-hybridized carbons (Fsp3) is 0.579. The van der Waals surface area contributed by atoms with Crippen molar-refractivity contribution in [2.24, 2.45) is 5.92 Å². The molecule has 1 saturated carbocycles. The van der Waals surface area contributed by atoms with Crippen LogP contribution < -0.4 is 0 Å². The molecule has 9 nitrogen and oxygen atoms in total. The van der Waals surface area contributed by atoms with Crippen LogP contribution in [0, 0.1) is 5.92 Å². The molecule has 1 amide bonds. The van der Waals surface area contributed by atoms with Gasteiger partial charge in [0.1, 0.15) is 11.9 Å². The first-order chi connectivity index (χ1) is 13.7. The number of carbonyl (C=O) groups is 1. The van der Waals surface area contributed by atoms with Crippen molar-refractivity contribution < 1.29 is 14.3 Å². The fourth-order valence-corrected chi connectivity index (χ4v) is 4.54. The summed E-state index contributed by atoms with van der Waals surface area (Å²) < 4.78 is 13.2. The van der Waals surface area contributed by atoms with Crippen molar-refractivity contribution >= 4 is 22.9 Å². The molecule has 3 aromatic rings. The molecule has 4 heterocycles. The van der Waals surface area contributed by atoms with Crippen LogP contribution in [0.5, 0.6) is 0 Å². The van der Waals surface area contributed by atoms with E-state index in [1.54, 1.807) is 11.1 Å². The topological polar surface area (TPSA) is 97.6 Å². The van der Waals surface area contributed by atoms with Gasteiger partial charge in [0.05, 0.1) is 24.9 Å². The summed E-state index contributed by atoms with van der Waals surface area (Å²) >= 11 is 0. The van der Waals surface area contributed by atoms with E-state index in [9.17, 15) is 4.79 Å².